The zero-order valence-electron chi connectivity index (χ0n) is 49.6. The van der Waals surface area contributed by atoms with Crippen molar-refractivity contribution >= 4 is 57.7 Å². The van der Waals surface area contributed by atoms with Crippen LogP contribution in [0.3, 0.4) is 0 Å². The predicted molar refractivity (Wildman–Crippen MR) is 346 cm³/mol. The standard InChI is InChI=1S/C23H23NO2.C23H25NO.C9H11NO2.C9H13NO.C4H8O.C2H5.CH4.BrH.Mg/c1-2-26-23(25)21-14-9-15-22(16-21)24(17-19-10-5-3-6-11-19)18-20-12-7-4-8-13-20;1-23(2,25)21-14-9-15-22(16-21)24(17-19-10-5-3-6-11-19)18-20-12-7-4-8-13-20;1-2-12-9(11)7-4-3-5-8(10)6-7;1-9(2,11)7-4-3-5-8(10)6-7;1-2-4-5-3-1;1-2;;;/h3-16H,2,17-18H2,1H3;3-16,25H,17-18H2,1-2H3;3-6H,2,10H2,1H3;3-6,11H,10H2,1-2H3;1-4H2;1H2,2H3;1H4;1H;/q;;;;;-1;;;+2/p-1. The van der Waals surface area contributed by atoms with Gasteiger partial charge in [-0.3, -0.25) is 0 Å². The molecule has 8 aromatic rings. The van der Waals surface area contributed by atoms with E-state index in [0.29, 0.717) is 35.7 Å². The van der Waals surface area contributed by atoms with E-state index in [2.05, 4.69) is 102 Å². The molecule has 444 valence electrons. The number of carbonyl (C=O) groups excluding carboxylic acids is 2. The monoisotopic (exact) mass is 1210 g/mol. The van der Waals surface area contributed by atoms with Crippen molar-refractivity contribution < 1.29 is 51.0 Å². The summed E-state index contributed by atoms with van der Waals surface area (Å²) in [6.07, 6.45) is 2.56. The number of ether oxygens (including phenoxy) is 3. The fraction of sp³-hybridized carbons (Fsp3) is 0.282. The second-order valence-corrected chi connectivity index (χ2v) is 19.9. The van der Waals surface area contributed by atoms with E-state index < -0.39 is 11.2 Å². The molecule has 1 heterocycles. The normalized spacial score (nSPS) is 10.9. The number of aliphatic hydroxyl groups is 2. The minimum absolute atomic E-state index is 0. The van der Waals surface area contributed by atoms with Crippen LogP contribution in [0.1, 0.15) is 123 Å². The molecule has 13 heteroatoms. The van der Waals surface area contributed by atoms with E-state index in [4.69, 9.17) is 25.7 Å². The van der Waals surface area contributed by atoms with Crippen LogP contribution in [-0.2, 0) is 51.6 Å². The Labute approximate surface area is 528 Å². The summed E-state index contributed by atoms with van der Waals surface area (Å²) in [5.41, 5.74) is 20.6. The van der Waals surface area contributed by atoms with Gasteiger partial charge >= 0.3 is 35.0 Å². The maximum Gasteiger partial charge on any atom is 2.00 e. The van der Waals surface area contributed by atoms with Crippen LogP contribution in [0.25, 0.3) is 0 Å². The van der Waals surface area contributed by atoms with Gasteiger partial charge in [0.1, 0.15) is 0 Å². The van der Waals surface area contributed by atoms with Crippen molar-refractivity contribution in [1.82, 2.24) is 0 Å². The second kappa shape index (κ2) is 41.1. The van der Waals surface area contributed by atoms with Crippen molar-refractivity contribution in [2.75, 3.05) is 47.7 Å². The maximum atomic E-state index is 12.1. The molecular weight excluding hydrogens is 1130 g/mol. The van der Waals surface area contributed by atoms with Gasteiger partial charge in [-0.25, -0.2) is 9.59 Å². The topological polar surface area (TPSA) is 161 Å². The fourth-order valence-corrected chi connectivity index (χ4v) is 8.13. The van der Waals surface area contributed by atoms with Gasteiger partial charge in [0.2, 0.25) is 0 Å². The van der Waals surface area contributed by atoms with Gasteiger partial charge in [0.25, 0.3) is 0 Å². The number of carbonyl (C=O) groups is 2. The third kappa shape index (κ3) is 28.5. The first-order valence-electron chi connectivity index (χ1n) is 27.7. The third-order valence-electron chi connectivity index (χ3n) is 12.3. The van der Waals surface area contributed by atoms with Gasteiger partial charge in [0.05, 0.1) is 35.5 Å². The molecule has 0 atom stereocenters. The van der Waals surface area contributed by atoms with Crippen LogP contribution in [0.2, 0.25) is 0 Å². The number of nitrogens with zero attached hydrogens (tertiary/aromatic N) is 2. The molecule has 0 radical (unpaired) electrons. The van der Waals surface area contributed by atoms with Crippen LogP contribution < -0.4 is 38.2 Å². The quantitative estimate of drug-likeness (QED) is 0.0315. The van der Waals surface area contributed by atoms with E-state index in [-0.39, 0.29) is 59.4 Å². The Morgan fingerprint density at radius 3 is 1.10 bits per heavy atom. The first-order chi connectivity index (χ1) is 39.0. The molecule has 84 heavy (non-hydrogen) atoms. The first kappa shape index (κ1) is 75.0. The zero-order chi connectivity index (χ0) is 58.9. The Bertz CT molecular complexity index is 2920. The van der Waals surface area contributed by atoms with E-state index in [1.165, 1.54) is 35.1 Å². The molecule has 1 aliphatic heterocycles. The Kier molecular flexibility index (Phi) is 36.7. The Morgan fingerprint density at radius 2 is 0.786 bits per heavy atom. The summed E-state index contributed by atoms with van der Waals surface area (Å²) in [6, 6.07) is 71.5. The number of benzene rings is 8. The first-order valence-corrected chi connectivity index (χ1v) is 27.7. The van der Waals surface area contributed by atoms with E-state index in [1.807, 2.05) is 112 Å². The summed E-state index contributed by atoms with van der Waals surface area (Å²) < 4.78 is 14.9. The number of nitrogen functional groups attached to an aromatic ring is 2. The number of anilines is 4. The van der Waals surface area contributed by atoms with Crippen LogP contribution in [0.4, 0.5) is 22.7 Å². The average molecular weight is 1210 g/mol. The third-order valence-corrected chi connectivity index (χ3v) is 12.3. The molecule has 0 aliphatic carbocycles. The van der Waals surface area contributed by atoms with Crippen molar-refractivity contribution in [2.24, 2.45) is 0 Å². The predicted octanol–water partition coefficient (Wildman–Crippen LogP) is 12.0. The molecule has 6 N–H and O–H groups in total. The van der Waals surface area contributed by atoms with Gasteiger partial charge in [-0.05, 0) is 148 Å². The number of esters is 2. The molecule has 9 rings (SSSR count). The molecule has 0 bridgehead atoms. The van der Waals surface area contributed by atoms with E-state index in [9.17, 15) is 19.8 Å². The van der Waals surface area contributed by atoms with Crippen LogP contribution in [0.5, 0.6) is 0 Å². The minimum atomic E-state index is -0.846. The van der Waals surface area contributed by atoms with Crippen LogP contribution in [0, 0.1) is 6.92 Å². The number of rotatable bonds is 16. The van der Waals surface area contributed by atoms with E-state index in [0.717, 1.165) is 61.9 Å². The summed E-state index contributed by atoms with van der Waals surface area (Å²) in [5, 5.41) is 19.9. The average Bonchev–Trinajstić information content (AvgIpc) is 4.18. The van der Waals surface area contributed by atoms with Gasteiger partial charge < -0.3 is 69.6 Å². The smallest absolute Gasteiger partial charge is 1.00 e. The number of hydrogen-bond donors (Lipinski definition) is 4. The SMILES string of the molecule is C.C1CCOC1.CC(C)(O)c1cccc(N(Cc2ccccc2)Cc2ccccc2)c1.CC(C)(O)c1cccc(N)c1.CCOC(=O)c1cccc(N(Cc2ccccc2)Cc2ccccc2)c1.CCOC(=O)c1cccc(N)c1.[Br-].[CH2-]C.[Mg+2]. The molecule has 8 aromatic carbocycles. The van der Waals surface area contributed by atoms with Crippen molar-refractivity contribution in [2.45, 2.75) is 106 Å². The van der Waals surface area contributed by atoms with Gasteiger partial charge in [-0.15, -0.1) is 0 Å². The summed E-state index contributed by atoms with van der Waals surface area (Å²) >= 11 is 0. The minimum Gasteiger partial charge on any atom is -1.00 e. The van der Waals surface area contributed by atoms with Gasteiger partial charge in [0, 0.05) is 62.1 Å². The maximum absolute atomic E-state index is 12.1. The molecule has 1 aliphatic rings. The van der Waals surface area contributed by atoms with Crippen molar-refractivity contribution in [3.8, 4) is 0 Å². The van der Waals surface area contributed by atoms with E-state index >= 15 is 0 Å². The molecule has 1 saturated heterocycles. The van der Waals surface area contributed by atoms with Crippen molar-refractivity contribution in [3.05, 3.63) is 270 Å². The van der Waals surface area contributed by atoms with Gasteiger partial charge in [0.15, 0.2) is 0 Å². The van der Waals surface area contributed by atoms with Crippen LogP contribution >= 0.6 is 0 Å². The number of halogens is 1. The summed E-state index contributed by atoms with van der Waals surface area (Å²) in [7, 11) is 0. The van der Waals surface area contributed by atoms with E-state index in [1.54, 1.807) is 70.2 Å². The summed E-state index contributed by atoms with van der Waals surface area (Å²) in [4.78, 5) is 27.8. The molecule has 0 spiro atoms. The molecule has 11 nitrogen and oxygen atoms in total. The molecule has 0 amide bonds. The van der Waals surface area contributed by atoms with Crippen LogP contribution in [0.15, 0.2) is 218 Å². The Balaban J connectivity index is 0.000000560. The Hall–Kier alpha value is -6.97. The van der Waals surface area contributed by atoms with Gasteiger partial charge in [-0.2, -0.15) is 6.92 Å². The number of nitrogens with two attached hydrogens (primary N) is 2. The fourth-order valence-electron chi connectivity index (χ4n) is 8.13. The second-order valence-electron chi connectivity index (χ2n) is 19.9. The molecule has 0 aromatic heterocycles. The molecule has 0 unspecified atom stereocenters. The summed E-state index contributed by atoms with van der Waals surface area (Å²) in [5.74, 6) is -0.612. The summed E-state index contributed by atoms with van der Waals surface area (Å²) in [6.45, 7) is 21.6. The molecule has 1 fully saturated rings. The van der Waals surface area contributed by atoms with Crippen molar-refractivity contribution in [1.29, 1.82) is 0 Å². The zero-order valence-corrected chi connectivity index (χ0v) is 52.6. The number of hydrogen-bond acceptors (Lipinski definition) is 11. The molecular formula is C71H89BrMgN4O7. The largest absolute Gasteiger partial charge is 2.00 e. The van der Waals surface area contributed by atoms with Crippen LogP contribution in [-0.4, -0.2) is 71.6 Å². The van der Waals surface area contributed by atoms with Gasteiger partial charge in [-0.1, -0.05) is 165 Å². The Morgan fingerprint density at radius 1 is 0.476 bits per heavy atom. The molecule has 0 saturated carbocycles. The van der Waals surface area contributed by atoms with Crippen molar-refractivity contribution in [3.63, 3.8) is 0 Å².